The Morgan fingerprint density at radius 2 is 2.00 bits per heavy atom. The van der Waals surface area contributed by atoms with Gasteiger partial charge in [0.25, 0.3) is 0 Å². The molecule has 0 saturated carbocycles. The Balaban J connectivity index is 2.25. The van der Waals surface area contributed by atoms with Gasteiger partial charge < -0.3 is 14.8 Å². The largest absolute Gasteiger partial charge is 0.446 e. The summed E-state index contributed by atoms with van der Waals surface area (Å²) >= 11 is 0. The van der Waals surface area contributed by atoms with Crippen molar-refractivity contribution in [3.05, 3.63) is 0 Å². The van der Waals surface area contributed by atoms with E-state index in [1.807, 2.05) is 0 Å². The Morgan fingerprint density at radius 1 is 1.40 bits per heavy atom. The predicted molar refractivity (Wildman–Crippen MR) is 53.6 cm³/mol. The summed E-state index contributed by atoms with van der Waals surface area (Å²) in [5.41, 5.74) is 0. The van der Waals surface area contributed by atoms with E-state index < -0.39 is 12.1 Å². The van der Waals surface area contributed by atoms with Crippen LogP contribution in [0.2, 0.25) is 0 Å². The SMILES string of the molecule is CC(=O)C(C)NC(=O)OC1CCOCC1. The molecular formula is C10H17NO4. The molecule has 1 N–H and O–H groups in total. The van der Waals surface area contributed by atoms with Crippen LogP contribution >= 0.6 is 0 Å². The van der Waals surface area contributed by atoms with Crippen LogP contribution in [-0.4, -0.2) is 37.2 Å². The van der Waals surface area contributed by atoms with E-state index in [-0.39, 0.29) is 11.9 Å². The molecule has 86 valence electrons. The quantitative estimate of drug-likeness (QED) is 0.758. The maximum absolute atomic E-state index is 11.3. The molecule has 0 aliphatic carbocycles. The Bertz CT molecular complexity index is 236. The number of carbonyl (C=O) groups excluding carboxylic acids is 2. The number of rotatable bonds is 3. The fourth-order valence-corrected chi connectivity index (χ4v) is 1.26. The van der Waals surface area contributed by atoms with E-state index >= 15 is 0 Å². The molecule has 1 aliphatic heterocycles. The number of hydrogen-bond acceptors (Lipinski definition) is 4. The monoisotopic (exact) mass is 215 g/mol. The minimum Gasteiger partial charge on any atom is -0.446 e. The van der Waals surface area contributed by atoms with Crippen LogP contribution in [0.15, 0.2) is 0 Å². The summed E-state index contributed by atoms with van der Waals surface area (Å²) in [6, 6.07) is -0.489. The molecule has 0 aromatic heterocycles. The average molecular weight is 215 g/mol. The normalized spacial score (nSPS) is 19.3. The fraction of sp³-hybridized carbons (Fsp3) is 0.800. The van der Waals surface area contributed by atoms with Gasteiger partial charge in [-0.2, -0.15) is 0 Å². The van der Waals surface area contributed by atoms with Gasteiger partial charge in [-0.1, -0.05) is 0 Å². The number of ether oxygens (including phenoxy) is 2. The third-order valence-electron chi connectivity index (χ3n) is 2.39. The second-order valence-corrected chi connectivity index (χ2v) is 3.69. The van der Waals surface area contributed by atoms with Gasteiger partial charge >= 0.3 is 6.09 Å². The highest BCUT2D eigenvalue weighted by Gasteiger charge is 2.19. The van der Waals surface area contributed by atoms with Gasteiger partial charge in [-0.25, -0.2) is 4.79 Å². The van der Waals surface area contributed by atoms with Crippen LogP contribution in [-0.2, 0) is 14.3 Å². The van der Waals surface area contributed by atoms with E-state index in [0.717, 1.165) is 12.8 Å². The minimum atomic E-state index is -0.524. The lowest BCUT2D eigenvalue weighted by Gasteiger charge is -2.23. The van der Waals surface area contributed by atoms with Crippen LogP contribution in [0.3, 0.4) is 0 Å². The predicted octanol–water partition coefficient (Wildman–Crippen LogP) is 0.869. The molecule has 1 fully saturated rings. The number of Topliss-reactive ketones (excluding diaryl/α,β-unsaturated/α-hetero) is 1. The third-order valence-corrected chi connectivity index (χ3v) is 2.39. The number of hydrogen-bond donors (Lipinski definition) is 1. The molecule has 5 nitrogen and oxygen atoms in total. The first-order chi connectivity index (χ1) is 7.09. The van der Waals surface area contributed by atoms with Crippen LogP contribution in [0, 0.1) is 0 Å². The van der Waals surface area contributed by atoms with Gasteiger partial charge in [0.15, 0.2) is 5.78 Å². The standard InChI is InChI=1S/C10H17NO4/c1-7(8(2)12)11-10(13)15-9-3-5-14-6-4-9/h7,9H,3-6H2,1-2H3,(H,11,13). The zero-order valence-corrected chi connectivity index (χ0v) is 9.12. The van der Waals surface area contributed by atoms with Crippen LogP contribution in [0.1, 0.15) is 26.7 Å². The fourth-order valence-electron chi connectivity index (χ4n) is 1.26. The average Bonchev–Trinajstić information content (AvgIpc) is 2.18. The Labute approximate surface area is 89.1 Å². The minimum absolute atomic E-state index is 0.0843. The molecular weight excluding hydrogens is 198 g/mol. The summed E-state index contributed by atoms with van der Waals surface area (Å²) in [5.74, 6) is -0.0843. The van der Waals surface area contributed by atoms with Gasteiger partial charge in [0, 0.05) is 12.8 Å². The highest BCUT2D eigenvalue weighted by molar-refractivity contribution is 5.84. The molecule has 0 aromatic carbocycles. The molecule has 0 radical (unpaired) electrons. The van der Waals surface area contributed by atoms with E-state index in [1.54, 1.807) is 6.92 Å². The van der Waals surface area contributed by atoms with Crippen LogP contribution < -0.4 is 5.32 Å². The lowest BCUT2D eigenvalue weighted by Crippen LogP contribution is -2.40. The molecule has 1 aliphatic rings. The number of ketones is 1. The molecule has 5 heteroatoms. The summed E-state index contributed by atoms with van der Waals surface area (Å²) in [6.45, 7) is 4.31. The third kappa shape index (κ3) is 4.29. The van der Waals surface area contributed by atoms with E-state index in [4.69, 9.17) is 9.47 Å². The van der Waals surface area contributed by atoms with E-state index in [9.17, 15) is 9.59 Å². The van der Waals surface area contributed by atoms with Gasteiger partial charge in [0.05, 0.1) is 19.3 Å². The summed E-state index contributed by atoms with van der Waals surface area (Å²) < 4.78 is 10.3. The highest BCUT2D eigenvalue weighted by Crippen LogP contribution is 2.10. The van der Waals surface area contributed by atoms with Crippen molar-refractivity contribution in [3.8, 4) is 0 Å². The second kappa shape index (κ2) is 5.70. The first kappa shape index (κ1) is 12.0. The molecule has 0 aromatic rings. The summed E-state index contributed by atoms with van der Waals surface area (Å²) in [5, 5.41) is 2.48. The van der Waals surface area contributed by atoms with E-state index in [2.05, 4.69) is 5.32 Å². The van der Waals surface area contributed by atoms with Crippen molar-refractivity contribution >= 4 is 11.9 Å². The lowest BCUT2D eigenvalue weighted by atomic mass is 10.2. The van der Waals surface area contributed by atoms with Crippen molar-refractivity contribution in [2.24, 2.45) is 0 Å². The maximum Gasteiger partial charge on any atom is 0.407 e. The van der Waals surface area contributed by atoms with Crippen LogP contribution in [0.4, 0.5) is 4.79 Å². The Morgan fingerprint density at radius 3 is 2.53 bits per heavy atom. The van der Waals surface area contributed by atoms with Crippen molar-refractivity contribution in [2.75, 3.05) is 13.2 Å². The summed E-state index contributed by atoms with van der Waals surface area (Å²) in [4.78, 5) is 22.2. The van der Waals surface area contributed by atoms with E-state index in [0.29, 0.717) is 13.2 Å². The lowest BCUT2D eigenvalue weighted by molar-refractivity contribution is -0.118. The van der Waals surface area contributed by atoms with Gasteiger partial charge in [-0.3, -0.25) is 4.79 Å². The topological polar surface area (TPSA) is 64.6 Å². The molecule has 0 bridgehead atoms. The Hall–Kier alpha value is -1.10. The van der Waals surface area contributed by atoms with Crippen molar-refractivity contribution in [1.82, 2.24) is 5.32 Å². The first-order valence-corrected chi connectivity index (χ1v) is 5.15. The zero-order valence-electron chi connectivity index (χ0n) is 9.12. The summed E-state index contributed by atoms with van der Waals surface area (Å²) in [7, 11) is 0. The first-order valence-electron chi connectivity index (χ1n) is 5.15. The van der Waals surface area contributed by atoms with Crippen LogP contribution in [0.25, 0.3) is 0 Å². The molecule has 1 amide bonds. The van der Waals surface area contributed by atoms with Gasteiger partial charge in [-0.15, -0.1) is 0 Å². The number of carbonyl (C=O) groups is 2. The van der Waals surface area contributed by atoms with Crippen molar-refractivity contribution in [2.45, 2.75) is 38.8 Å². The number of amides is 1. The van der Waals surface area contributed by atoms with Gasteiger partial charge in [-0.05, 0) is 13.8 Å². The molecule has 1 unspecified atom stereocenters. The number of alkyl carbamates (subject to hydrolysis) is 1. The molecule has 1 atom stereocenters. The van der Waals surface area contributed by atoms with Crippen molar-refractivity contribution < 1.29 is 19.1 Å². The smallest absolute Gasteiger partial charge is 0.407 e. The van der Waals surface area contributed by atoms with Gasteiger partial charge in [0.2, 0.25) is 0 Å². The zero-order chi connectivity index (χ0) is 11.3. The van der Waals surface area contributed by atoms with E-state index in [1.165, 1.54) is 6.92 Å². The Kier molecular flexibility index (Phi) is 4.55. The number of nitrogens with one attached hydrogen (secondary N) is 1. The van der Waals surface area contributed by atoms with Crippen molar-refractivity contribution in [1.29, 1.82) is 0 Å². The van der Waals surface area contributed by atoms with Gasteiger partial charge in [0.1, 0.15) is 6.10 Å². The molecule has 1 saturated heterocycles. The second-order valence-electron chi connectivity index (χ2n) is 3.69. The molecule has 1 rings (SSSR count). The molecule has 1 heterocycles. The maximum atomic E-state index is 11.3. The summed E-state index contributed by atoms with van der Waals surface area (Å²) in [6.07, 6.45) is 0.839. The molecule has 0 spiro atoms. The molecule has 15 heavy (non-hydrogen) atoms. The highest BCUT2D eigenvalue weighted by atomic mass is 16.6. The van der Waals surface area contributed by atoms with Crippen LogP contribution in [0.5, 0.6) is 0 Å². The van der Waals surface area contributed by atoms with Crippen molar-refractivity contribution in [3.63, 3.8) is 0 Å².